The summed E-state index contributed by atoms with van der Waals surface area (Å²) in [4.78, 5) is 0. The van der Waals surface area contributed by atoms with E-state index in [0.29, 0.717) is 19.8 Å². The molecule has 0 aliphatic heterocycles. The number of aliphatic hydroxyl groups excluding tert-OH is 1. The van der Waals surface area contributed by atoms with Gasteiger partial charge in [0.05, 0.1) is 32.9 Å². The minimum absolute atomic E-state index is 0.219. The van der Waals surface area contributed by atoms with Crippen molar-refractivity contribution in [1.29, 1.82) is 0 Å². The quantitative estimate of drug-likeness (QED) is 0.587. The van der Waals surface area contributed by atoms with Crippen molar-refractivity contribution < 1.29 is 19.9 Å². The fourth-order valence-corrected chi connectivity index (χ4v) is 1.58. The summed E-state index contributed by atoms with van der Waals surface area (Å²) in [5.41, 5.74) is 1.28. The van der Waals surface area contributed by atoms with Crippen molar-refractivity contribution in [3.63, 3.8) is 0 Å². The third-order valence-electron chi connectivity index (χ3n) is 2.60. The largest absolute Gasteiger partial charge is 0.491 e. The van der Waals surface area contributed by atoms with Crippen molar-refractivity contribution in [2.24, 2.45) is 0 Å². The molecule has 0 heterocycles. The van der Waals surface area contributed by atoms with Gasteiger partial charge in [-0.1, -0.05) is 19.1 Å². The highest BCUT2D eigenvalue weighted by Crippen LogP contribution is 2.13. The highest BCUT2D eigenvalue weighted by Gasteiger charge is 1.96. The molecule has 18 heavy (non-hydrogen) atoms. The maximum absolute atomic E-state index is 8.58. The predicted octanol–water partition coefficient (Wildman–Crippen LogP) is 0.200. The smallest absolute Gasteiger partial charge is 0.119 e. The van der Waals surface area contributed by atoms with Gasteiger partial charge in [0.15, 0.2) is 0 Å². The molecule has 4 heteroatoms. The lowest BCUT2D eigenvalue weighted by atomic mass is 10.2. The van der Waals surface area contributed by atoms with Crippen LogP contribution in [-0.4, -0.2) is 44.6 Å². The fourth-order valence-electron chi connectivity index (χ4n) is 1.58. The number of hydrogen-bond acceptors (Lipinski definition) is 3. The third kappa shape index (κ3) is 6.59. The molecule has 0 aliphatic rings. The van der Waals surface area contributed by atoms with Crippen LogP contribution in [0.1, 0.15) is 12.5 Å². The molecule has 0 spiro atoms. The van der Waals surface area contributed by atoms with Crippen molar-refractivity contribution in [2.45, 2.75) is 13.3 Å². The van der Waals surface area contributed by atoms with Crippen molar-refractivity contribution in [3.05, 3.63) is 29.8 Å². The molecule has 1 aromatic rings. The molecule has 3 N–H and O–H groups in total. The van der Waals surface area contributed by atoms with Gasteiger partial charge in [0, 0.05) is 0 Å². The number of benzene rings is 1. The van der Waals surface area contributed by atoms with Gasteiger partial charge in [0.2, 0.25) is 0 Å². The van der Waals surface area contributed by atoms with E-state index in [4.69, 9.17) is 14.6 Å². The second-order valence-corrected chi connectivity index (χ2v) is 4.05. The van der Waals surface area contributed by atoms with Crippen LogP contribution in [0.5, 0.6) is 5.75 Å². The molecule has 102 valence electrons. The van der Waals surface area contributed by atoms with E-state index in [1.54, 1.807) is 0 Å². The molecule has 0 fully saturated rings. The minimum atomic E-state index is 0.219. The number of ether oxygens (including phenoxy) is 2. The summed E-state index contributed by atoms with van der Waals surface area (Å²) in [7, 11) is 0. The Hall–Kier alpha value is -1.10. The van der Waals surface area contributed by atoms with Gasteiger partial charge >= 0.3 is 0 Å². The first kappa shape index (κ1) is 15.0. The van der Waals surface area contributed by atoms with Crippen LogP contribution < -0.4 is 10.1 Å². The van der Waals surface area contributed by atoms with Crippen LogP contribution in [0.25, 0.3) is 0 Å². The molecule has 0 unspecified atom stereocenters. The normalized spacial score (nSPS) is 10.6. The Kier molecular flexibility index (Phi) is 8.21. The molecule has 4 nitrogen and oxygen atoms in total. The molecule has 0 aliphatic carbocycles. The number of nitrogens with two attached hydrogens (primary N) is 1. The lowest BCUT2D eigenvalue weighted by Crippen LogP contribution is -2.86. The molecule has 0 bridgehead atoms. The molecule has 1 rings (SSSR count). The van der Waals surface area contributed by atoms with Crippen molar-refractivity contribution >= 4 is 0 Å². The van der Waals surface area contributed by atoms with Gasteiger partial charge < -0.3 is 19.9 Å². The van der Waals surface area contributed by atoms with E-state index < -0.39 is 0 Å². The standard InChI is InChI=1S/C14H23NO3/c1-2-13-4-3-5-14(12-13)18-11-10-17-9-7-15-6-8-16/h3-5,12,15-16H,2,6-11H2,1H3/p+1. The molecule has 0 radical (unpaired) electrons. The van der Waals surface area contributed by atoms with E-state index in [9.17, 15) is 0 Å². The first-order valence-corrected chi connectivity index (χ1v) is 6.58. The molecule has 0 saturated heterocycles. The Balaban J connectivity index is 2.03. The van der Waals surface area contributed by atoms with E-state index in [1.807, 2.05) is 17.4 Å². The Labute approximate surface area is 109 Å². The minimum Gasteiger partial charge on any atom is -0.491 e. The summed E-state index contributed by atoms with van der Waals surface area (Å²) < 4.78 is 11.0. The van der Waals surface area contributed by atoms with E-state index in [1.165, 1.54) is 5.56 Å². The lowest BCUT2D eigenvalue weighted by molar-refractivity contribution is -0.657. The molecule has 0 saturated carbocycles. The Morgan fingerprint density at radius 1 is 1.17 bits per heavy atom. The number of aliphatic hydroxyl groups is 1. The average Bonchev–Trinajstić information content (AvgIpc) is 2.42. The van der Waals surface area contributed by atoms with Crippen LogP contribution >= 0.6 is 0 Å². The highest BCUT2D eigenvalue weighted by atomic mass is 16.5. The molecular weight excluding hydrogens is 230 g/mol. The summed E-state index contributed by atoms with van der Waals surface area (Å²) >= 11 is 0. The zero-order valence-corrected chi connectivity index (χ0v) is 11.1. The van der Waals surface area contributed by atoms with Gasteiger partial charge in [-0.15, -0.1) is 0 Å². The Morgan fingerprint density at radius 2 is 2.06 bits per heavy atom. The maximum atomic E-state index is 8.58. The second kappa shape index (κ2) is 9.88. The van der Waals surface area contributed by atoms with E-state index in [-0.39, 0.29) is 6.61 Å². The van der Waals surface area contributed by atoms with Crippen LogP contribution in [0.4, 0.5) is 0 Å². The van der Waals surface area contributed by atoms with Crippen LogP contribution in [0, 0.1) is 0 Å². The maximum Gasteiger partial charge on any atom is 0.119 e. The fraction of sp³-hybridized carbons (Fsp3) is 0.571. The molecular formula is C14H24NO3+. The monoisotopic (exact) mass is 254 g/mol. The zero-order chi connectivity index (χ0) is 13.1. The first-order chi connectivity index (χ1) is 8.86. The predicted molar refractivity (Wildman–Crippen MR) is 70.9 cm³/mol. The van der Waals surface area contributed by atoms with Gasteiger partial charge in [-0.3, -0.25) is 0 Å². The molecule has 0 atom stereocenters. The Morgan fingerprint density at radius 3 is 2.83 bits per heavy atom. The van der Waals surface area contributed by atoms with E-state index >= 15 is 0 Å². The van der Waals surface area contributed by atoms with Gasteiger partial charge in [-0.25, -0.2) is 0 Å². The van der Waals surface area contributed by atoms with Crippen molar-refractivity contribution in [1.82, 2.24) is 0 Å². The summed E-state index contributed by atoms with van der Waals surface area (Å²) in [5.74, 6) is 0.907. The summed E-state index contributed by atoms with van der Waals surface area (Å²) in [6, 6.07) is 8.14. The van der Waals surface area contributed by atoms with Gasteiger partial charge in [0.1, 0.15) is 12.4 Å². The van der Waals surface area contributed by atoms with Crippen LogP contribution in [0.3, 0.4) is 0 Å². The van der Waals surface area contributed by atoms with E-state index in [0.717, 1.165) is 25.3 Å². The van der Waals surface area contributed by atoms with Gasteiger partial charge in [0.25, 0.3) is 0 Å². The van der Waals surface area contributed by atoms with Crippen molar-refractivity contribution in [2.75, 3.05) is 39.5 Å². The topological polar surface area (TPSA) is 55.3 Å². The van der Waals surface area contributed by atoms with Gasteiger partial charge in [-0.2, -0.15) is 0 Å². The van der Waals surface area contributed by atoms with Crippen molar-refractivity contribution in [3.8, 4) is 5.75 Å². The average molecular weight is 254 g/mol. The van der Waals surface area contributed by atoms with Crippen LogP contribution in [-0.2, 0) is 11.2 Å². The molecule has 1 aromatic carbocycles. The number of quaternary nitrogens is 1. The summed E-state index contributed by atoms with van der Waals surface area (Å²) in [6.07, 6.45) is 1.02. The third-order valence-corrected chi connectivity index (χ3v) is 2.60. The summed E-state index contributed by atoms with van der Waals surface area (Å²) in [5, 5.41) is 10.6. The van der Waals surface area contributed by atoms with E-state index in [2.05, 4.69) is 19.1 Å². The zero-order valence-electron chi connectivity index (χ0n) is 11.1. The SMILES string of the molecule is CCc1cccc(OCCOCC[NH2+]CCO)c1. The van der Waals surface area contributed by atoms with Gasteiger partial charge in [-0.05, 0) is 24.1 Å². The highest BCUT2D eigenvalue weighted by molar-refractivity contribution is 5.28. The number of hydrogen-bond donors (Lipinski definition) is 2. The molecule has 0 aromatic heterocycles. The second-order valence-electron chi connectivity index (χ2n) is 4.05. The lowest BCUT2D eigenvalue weighted by Gasteiger charge is -2.07. The number of rotatable bonds is 10. The van der Waals surface area contributed by atoms with Crippen LogP contribution in [0.2, 0.25) is 0 Å². The summed E-state index contributed by atoms with van der Waals surface area (Å²) in [6.45, 7) is 5.84. The first-order valence-electron chi connectivity index (χ1n) is 6.58. The Bertz CT molecular complexity index is 318. The van der Waals surface area contributed by atoms with Crippen LogP contribution in [0.15, 0.2) is 24.3 Å². The molecule has 0 amide bonds. The number of aryl methyl sites for hydroxylation is 1.